The van der Waals surface area contributed by atoms with E-state index in [0.717, 1.165) is 24.6 Å². The van der Waals surface area contributed by atoms with Gasteiger partial charge < -0.3 is 5.32 Å². The van der Waals surface area contributed by atoms with Gasteiger partial charge in [0.05, 0.1) is 10.6 Å². The van der Waals surface area contributed by atoms with Crippen LogP contribution in [0.25, 0.3) is 0 Å². The van der Waals surface area contributed by atoms with E-state index < -0.39 is 10.0 Å². The van der Waals surface area contributed by atoms with E-state index in [-0.39, 0.29) is 28.4 Å². The summed E-state index contributed by atoms with van der Waals surface area (Å²) in [6.07, 6.45) is 1.70. The van der Waals surface area contributed by atoms with E-state index in [1.165, 1.54) is 18.2 Å². The number of anilines is 1. The molecule has 0 aromatic heterocycles. The summed E-state index contributed by atoms with van der Waals surface area (Å²) in [4.78, 5) is 12.5. The van der Waals surface area contributed by atoms with Crippen LogP contribution >= 0.6 is 11.8 Å². The molecule has 0 radical (unpaired) electrons. The molecule has 8 heteroatoms. The predicted molar refractivity (Wildman–Crippen MR) is 95.5 cm³/mol. The number of amides is 1. The molecule has 1 fully saturated rings. The number of sulfonamides is 1. The van der Waals surface area contributed by atoms with E-state index in [2.05, 4.69) is 10.0 Å². The molecule has 0 spiro atoms. The summed E-state index contributed by atoms with van der Waals surface area (Å²) < 4.78 is 40.5. The minimum absolute atomic E-state index is 0.0143. The maximum atomic E-state index is 13.5. The van der Waals surface area contributed by atoms with Crippen molar-refractivity contribution in [2.24, 2.45) is 0 Å². The van der Waals surface area contributed by atoms with Crippen LogP contribution in [0.3, 0.4) is 0 Å². The number of nitrogens with one attached hydrogen (secondary N) is 2. The highest BCUT2D eigenvalue weighted by Gasteiger charge is 2.28. The molecular weight excluding hydrogens is 363 g/mol. The van der Waals surface area contributed by atoms with Crippen LogP contribution in [0.5, 0.6) is 0 Å². The van der Waals surface area contributed by atoms with Crippen molar-refractivity contribution < 1.29 is 17.6 Å². The third kappa shape index (κ3) is 5.04. The SMILES string of the molecule is O=C(CSc1ccccc1F)Nc1cccc(S(=O)(=O)NC2CC2)c1. The maximum absolute atomic E-state index is 13.5. The first-order chi connectivity index (χ1) is 11.9. The van der Waals surface area contributed by atoms with Gasteiger partial charge in [0.15, 0.2) is 0 Å². The average molecular weight is 380 g/mol. The van der Waals surface area contributed by atoms with Crippen molar-refractivity contribution in [1.82, 2.24) is 4.72 Å². The minimum atomic E-state index is -3.57. The molecule has 1 aliphatic rings. The predicted octanol–water partition coefficient (Wildman–Crippen LogP) is 3.00. The number of thioether (sulfide) groups is 1. The second-order valence-electron chi connectivity index (χ2n) is 5.69. The van der Waals surface area contributed by atoms with Crippen molar-refractivity contribution in [3.8, 4) is 0 Å². The van der Waals surface area contributed by atoms with Crippen LogP contribution in [-0.4, -0.2) is 26.1 Å². The Morgan fingerprint density at radius 2 is 1.92 bits per heavy atom. The summed E-state index contributed by atoms with van der Waals surface area (Å²) in [5.74, 6) is -0.685. The average Bonchev–Trinajstić information content (AvgIpc) is 3.38. The van der Waals surface area contributed by atoms with E-state index in [4.69, 9.17) is 0 Å². The lowest BCUT2D eigenvalue weighted by molar-refractivity contribution is -0.113. The monoisotopic (exact) mass is 380 g/mol. The molecule has 0 aliphatic heterocycles. The minimum Gasteiger partial charge on any atom is -0.325 e. The van der Waals surface area contributed by atoms with E-state index >= 15 is 0 Å². The number of carbonyl (C=O) groups excluding carboxylic acids is 1. The van der Waals surface area contributed by atoms with Crippen LogP contribution in [0.4, 0.5) is 10.1 Å². The van der Waals surface area contributed by atoms with Crippen LogP contribution < -0.4 is 10.0 Å². The van der Waals surface area contributed by atoms with Crippen molar-refractivity contribution >= 4 is 33.4 Å². The number of hydrogen-bond acceptors (Lipinski definition) is 4. The van der Waals surface area contributed by atoms with E-state index in [0.29, 0.717) is 10.6 Å². The van der Waals surface area contributed by atoms with E-state index in [1.54, 1.807) is 30.3 Å². The van der Waals surface area contributed by atoms with Gasteiger partial charge in [0.1, 0.15) is 5.82 Å². The van der Waals surface area contributed by atoms with Crippen LogP contribution in [0.1, 0.15) is 12.8 Å². The fourth-order valence-corrected chi connectivity index (χ4v) is 4.22. The van der Waals surface area contributed by atoms with Crippen LogP contribution in [0.15, 0.2) is 58.3 Å². The zero-order valence-corrected chi connectivity index (χ0v) is 14.9. The molecular formula is C17H17FN2O3S2. The molecule has 3 rings (SSSR count). The molecule has 0 unspecified atom stereocenters. The fourth-order valence-electron chi connectivity index (χ4n) is 2.13. The Balaban J connectivity index is 1.61. The van der Waals surface area contributed by atoms with Gasteiger partial charge in [-0.1, -0.05) is 18.2 Å². The lowest BCUT2D eigenvalue weighted by Gasteiger charge is -2.09. The van der Waals surface area contributed by atoms with Crippen LogP contribution in [0.2, 0.25) is 0 Å². The molecule has 2 aromatic rings. The molecule has 0 bridgehead atoms. The zero-order valence-electron chi connectivity index (χ0n) is 13.2. The number of rotatable bonds is 7. The molecule has 2 N–H and O–H groups in total. The third-order valence-electron chi connectivity index (χ3n) is 3.52. The van der Waals surface area contributed by atoms with Gasteiger partial charge in [-0.05, 0) is 43.2 Å². The van der Waals surface area contributed by atoms with Gasteiger partial charge in [-0.3, -0.25) is 4.79 Å². The normalized spacial score (nSPS) is 14.3. The van der Waals surface area contributed by atoms with E-state index in [9.17, 15) is 17.6 Å². The third-order valence-corrected chi connectivity index (χ3v) is 6.09. The Labute approximate surface area is 150 Å². The lowest BCUT2D eigenvalue weighted by Crippen LogP contribution is -2.25. The molecule has 132 valence electrons. The zero-order chi connectivity index (χ0) is 17.9. The maximum Gasteiger partial charge on any atom is 0.240 e. The molecule has 0 atom stereocenters. The first-order valence-electron chi connectivity index (χ1n) is 7.73. The molecule has 5 nitrogen and oxygen atoms in total. The lowest BCUT2D eigenvalue weighted by atomic mass is 10.3. The summed E-state index contributed by atoms with van der Waals surface area (Å²) in [6, 6.07) is 12.3. The van der Waals surface area contributed by atoms with E-state index in [1.807, 2.05) is 0 Å². The van der Waals surface area contributed by atoms with Gasteiger partial charge in [-0.15, -0.1) is 11.8 Å². The van der Waals surface area contributed by atoms with Crippen LogP contribution in [-0.2, 0) is 14.8 Å². The molecule has 0 heterocycles. The van der Waals surface area contributed by atoms with Gasteiger partial charge in [-0.25, -0.2) is 17.5 Å². The molecule has 1 amide bonds. The highest BCUT2D eigenvalue weighted by Crippen LogP contribution is 2.24. The second kappa shape index (κ2) is 7.55. The Kier molecular flexibility index (Phi) is 5.41. The van der Waals surface area contributed by atoms with Crippen molar-refractivity contribution in [2.45, 2.75) is 28.7 Å². The smallest absolute Gasteiger partial charge is 0.240 e. The first kappa shape index (κ1) is 17.9. The largest absolute Gasteiger partial charge is 0.325 e. The number of hydrogen-bond donors (Lipinski definition) is 2. The quantitative estimate of drug-likeness (QED) is 0.724. The summed E-state index contributed by atoms with van der Waals surface area (Å²) in [5.41, 5.74) is 0.387. The number of benzene rings is 2. The fraction of sp³-hybridized carbons (Fsp3) is 0.235. The molecule has 25 heavy (non-hydrogen) atoms. The molecule has 2 aromatic carbocycles. The Morgan fingerprint density at radius 3 is 2.64 bits per heavy atom. The van der Waals surface area contributed by atoms with Gasteiger partial charge in [0, 0.05) is 16.6 Å². The molecule has 1 aliphatic carbocycles. The van der Waals surface area contributed by atoms with Gasteiger partial charge in [0.2, 0.25) is 15.9 Å². The van der Waals surface area contributed by atoms with Crippen molar-refractivity contribution in [3.63, 3.8) is 0 Å². The van der Waals surface area contributed by atoms with Gasteiger partial charge in [0.25, 0.3) is 0 Å². The first-order valence-corrected chi connectivity index (χ1v) is 10.2. The van der Waals surface area contributed by atoms with Gasteiger partial charge >= 0.3 is 0 Å². The molecule has 0 saturated heterocycles. The Morgan fingerprint density at radius 1 is 1.16 bits per heavy atom. The molecule has 1 saturated carbocycles. The summed E-state index contributed by atoms with van der Waals surface area (Å²) in [5, 5.41) is 2.64. The summed E-state index contributed by atoms with van der Waals surface area (Å²) in [7, 11) is -3.57. The number of halogens is 1. The van der Waals surface area contributed by atoms with Crippen molar-refractivity contribution in [3.05, 3.63) is 54.3 Å². The van der Waals surface area contributed by atoms with Crippen LogP contribution in [0, 0.1) is 5.82 Å². The summed E-state index contributed by atoms with van der Waals surface area (Å²) in [6.45, 7) is 0. The highest BCUT2D eigenvalue weighted by molar-refractivity contribution is 8.00. The van der Waals surface area contributed by atoms with Gasteiger partial charge in [-0.2, -0.15) is 0 Å². The van der Waals surface area contributed by atoms with Crippen molar-refractivity contribution in [1.29, 1.82) is 0 Å². The number of carbonyl (C=O) groups is 1. The highest BCUT2D eigenvalue weighted by atomic mass is 32.2. The topological polar surface area (TPSA) is 75.3 Å². The Bertz CT molecular complexity index is 883. The van der Waals surface area contributed by atoms with Crippen molar-refractivity contribution in [2.75, 3.05) is 11.1 Å². The standard InChI is InChI=1S/C17H17FN2O3S2/c18-15-6-1-2-7-16(15)24-11-17(21)19-13-4-3-5-14(10-13)25(22,23)20-12-8-9-12/h1-7,10,12,20H,8-9,11H2,(H,19,21). The summed E-state index contributed by atoms with van der Waals surface area (Å²) >= 11 is 1.08. The second-order valence-corrected chi connectivity index (χ2v) is 8.42. The Hall–Kier alpha value is -1.90.